The van der Waals surface area contributed by atoms with Gasteiger partial charge >= 0.3 is 6.03 Å². The Morgan fingerprint density at radius 1 is 1.38 bits per heavy atom. The van der Waals surface area contributed by atoms with E-state index in [2.05, 4.69) is 10.6 Å². The monoisotopic (exact) mass is 310 g/mol. The van der Waals surface area contributed by atoms with Gasteiger partial charge < -0.3 is 15.7 Å². The molecule has 1 aliphatic rings. The molecule has 0 heterocycles. The van der Waals surface area contributed by atoms with E-state index < -0.39 is 0 Å². The van der Waals surface area contributed by atoms with E-state index in [4.69, 9.17) is 16.7 Å². The second kappa shape index (κ2) is 7.66. The fourth-order valence-corrected chi connectivity index (χ4v) is 2.97. The average Bonchev–Trinajstić information content (AvgIpc) is 2.48. The van der Waals surface area contributed by atoms with Gasteiger partial charge in [0.25, 0.3) is 0 Å². The van der Waals surface area contributed by atoms with E-state index in [1.54, 1.807) is 0 Å². The van der Waals surface area contributed by atoms with Crippen molar-refractivity contribution in [2.75, 3.05) is 6.61 Å². The molecule has 4 nitrogen and oxygen atoms in total. The van der Waals surface area contributed by atoms with Gasteiger partial charge in [-0.1, -0.05) is 23.7 Å². The molecule has 0 saturated heterocycles. The van der Waals surface area contributed by atoms with Crippen LogP contribution in [-0.2, 0) is 0 Å². The smallest absolute Gasteiger partial charge is 0.315 e. The van der Waals surface area contributed by atoms with Crippen molar-refractivity contribution in [1.29, 1.82) is 0 Å². The molecule has 0 spiro atoms. The molecule has 1 aromatic rings. The molecule has 1 aliphatic carbocycles. The number of rotatable bonds is 4. The number of hydrogen-bond acceptors (Lipinski definition) is 2. The van der Waals surface area contributed by atoms with Crippen LogP contribution in [0.3, 0.4) is 0 Å². The van der Waals surface area contributed by atoms with Crippen LogP contribution in [0.1, 0.15) is 44.2 Å². The summed E-state index contributed by atoms with van der Waals surface area (Å²) in [6.45, 7) is 2.19. The number of urea groups is 1. The molecule has 5 heteroatoms. The average molecular weight is 311 g/mol. The van der Waals surface area contributed by atoms with Crippen LogP contribution < -0.4 is 10.6 Å². The zero-order chi connectivity index (χ0) is 15.2. The van der Waals surface area contributed by atoms with Crippen molar-refractivity contribution < 1.29 is 9.90 Å². The highest BCUT2D eigenvalue weighted by Gasteiger charge is 2.22. The molecule has 3 N–H and O–H groups in total. The summed E-state index contributed by atoms with van der Waals surface area (Å²) in [7, 11) is 0. The summed E-state index contributed by atoms with van der Waals surface area (Å²) in [6.07, 6.45) is 3.82. The standard InChI is InChI=1S/C16H23ClN2O2/c1-11(13-3-2-4-14(17)9-13)18-16(21)19-15-7-5-12(10-20)6-8-15/h2-4,9,11-12,15,20H,5-8,10H2,1H3,(H2,18,19,21). The molecular weight excluding hydrogens is 288 g/mol. The second-order valence-electron chi connectivity index (χ2n) is 5.79. The minimum absolute atomic E-state index is 0.0857. The molecule has 2 rings (SSSR count). The van der Waals surface area contributed by atoms with E-state index in [1.807, 2.05) is 31.2 Å². The topological polar surface area (TPSA) is 61.4 Å². The highest BCUT2D eigenvalue weighted by Crippen LogP contribution is 2.23. The van der Waals surface area contributed by atoms with Gasteiger partial charge in [0, 0.05) is 17.7 Å². The van der Waals surface area contributed by atoms with Crippen molar-refractivity contribution in [3.8, 4) is 0 Å². The molecule has 0 aliphatic heterocycles. The van der Waals surface area contributed by atoms with Crippen LogP contribution in [0.5, 0.6) is 0 Å². The Morgan fingerprint density at radius 2 is 2.10 bits per heavy atom. The summed E-state index contributed by atoms with van der Waals surface area (Å²) < 4.78 is 0. The van der Waals surface area contributed by atoms with Gasteiger partial charge in [0.15, 0.2) is 0 Å². The van der Waals surface area contributed by atoms with Crippen molar-refractivity contribution in [3.63, 3.8) is 0 Å². The number of carbonyl (C=O) groups excluding carboxylic acids is 1. The van der Waals surface area contributed by atoms with Crippen LogP contribution in [0, 0.1) is 5.92 Å². The van der Waals surface area contributed by atoms with E-state index in [9.17, 15) is 4.79 Å². The normalized spacial score (nSPS) is 23.4. The number of nitrogens with one attached hydrogen (secondary N) is 2. The number of benzene rings is 1. The molecule has 2 amide bonds. The Morgan fingerprint density at radius 3 is 2.71 bits per heavy atom. The molecular formula is C16H23ClN2O2. The molecule has 0 aromatic heterocycles. The summed E-state index contributed by atoms with van der Waals surface area (Å²) in [4.78, 5) is 12.0. The number of halogens is 1. The van der Waals surface area contributed by atoms with Crippen LogP contribution in [0.2, 0.25) is 5.02 Å². The first kappa shape index (κ1) is 16.1. The van der Waals surface area contributed by atoms with E-state index >= 15 is 0 Å². The third kappa shape index (κ3) is 4.90. The van der Waals surface area contributed by atoms with Gasteiger partial charge in [-0.2, -0.15) is 0 Å². The highest BCUT2D eigenvalue weighted by atomic mass is 35.5. The lowest BCUT2D eigenvalue weighted by Crippen LogP contribution is -2.44. The fraction of sp³-hybridized carbons (Fsp3) is 0.562. The lowest BCUT2D eigenvalue weighted by atomic mass is 9.87. The van der Waals surface area contributed by atoms with E-state index in [1.165, 1.54) is 0 Å². The number of amides is 2. The number of aliphatic hydroxyl groups is 1. The molecule has 1 fully saturated rings. The maximum atomic E-state index is 12.0. The number of hydrogen-bond donors (Lipinski definition) is 3. The SMILES string of the molecule is CC(NC(=O)NC1CCC(CO)CC1)c1cccc(Cl)c1. The second-order valence-corrected chi connectivity index (χ2v) is 6.23. The molecule has 0 bridgehead atoms. The van der Waals surface area contributed by atoms with Gasteiger partial charge in [-0.05, 0) is 56.2 Å². The van der Waals surface area contributed by atoms with Crippen LogP contribution in [0.15, 0.2) is 24.3 Å². The summed E-state index contributed by atoms with van der Waals surface area (Å²) in [5.41, 5.74) is 0.988. The molecule has 116 valence electrons. The maximum absolute atomic E-state index is 12.0. The van der Waals surface area contributed by atoms with Crippen molar-refractivity contribution in [1.82, 2.24) is 10.6 Å². The molecule has 1 atom stereocenters. The Balaban J connectivity index is 1.79. The minimum atomic E-state index is -0.144. The van der Waals surface area contributed by atoms with Gasteiger partial charge in [-0.3, -0.25) is 0 Å². The Kier molecular flexibility index (Phi) is 5.88. The Hall–Kier alpha value is -1.26. The quantitative estimate of drug-likeness (QED) is 0.799. The van der Waals surface area contributed by atoms with Crippen molar-refractivity contribution in [2.45, 2.75) is 44.7 Å². The first-order valence-corrected chi connectivity index (χ1v) is 7.89. The fourth-order valence-electron chi connectivity index (χ4n) is 2.77. The van der Waals surface area contributed by atoms with Gasteiger partial charge in [-0.25, -0.2) is 4.79 Å². The first-order valence-electron chi connectivity index (χ1n) is 7.52. The van der Waals surface area contributed by atoms with Crippen LogP contribution >= 0.6 is 11.6 Å². The number of carbonyl (C=O) groups is 1. The van der Waals surface area contributed by atoms with Gasteiger partial charge in [-0.15, -0.1) is 0 Å². The summed E-state index contributed by atoms with van der Waals surface area (Å²) in [6, 6.07) is 7.48. The predicted molar refractivity (Wildman–Crippen MR) is 84.4 cm³/mol. The minimum Gasteiger partial charge on any atom is -0.396 e. The molecule has 1 saturated carbocycles. The molecule has 1 unspecified atom stereocenters. The highest BCUT2D eigenvalue weighted by molar-refractivity contribution is 6.30. The first-order chi connectivity index (χ1) is 10.1. The lowest BCUT2D eigenvalue weighted by Gasteiger charge is -2.28. The summed E-state index contributed by atoms with van der Waals surface area (Å²) in [5.74, 6) is 0.400. The zero-order valence-electron chi connectivity index (χ0n) is 12.3. The van der Waals surface area contributed by atoms with Crippen molar-refractivity contribution in [3.05, 3.63) is 34.9 Å². The molecule has 0 radical (unpaired) electrons. The van der Waals surface area contributed by atoms with Gasteiger partial charge in [0.2, 0.25) is 0 Å². The van der Waals surface area contributed by atoms with E-state index in [0.29, 0.717) is 10.9 Å². The number of aliphatic hydroxyl groups excluding tert-OH is 1. The molecule has 21 heavy (non-hydrogen) atoms. The van der Waals surface area contributed by atoms with Crippen molar-refractivity contribution in [2.24, 2.45) is 5.92 Å². The zero-order valence-corrected chi connectivity index (χ0v) is 13.1. The maximum Gasteiger partial charge on any atom is 0.315 e. The van der Waals surface area contributed by atoms with Crippen LogP contribution in [0.25, 0.3) is 0 Å². The van der Waals surface area contributed by atoms with Gasteiger partial charge in [0.05, 0.1) is 6.04 Å². The summed E-state index contributed by atoms with van der Waals surface area (Å²) in [5, 5.41) is 15.7. The van der Waals surface area contributed by atoms with Crippen molar-refractivity contribution >= 4 is 17.6 Å². The van der Waals surface area contributed by atoms with E-state index in [-0.39, 0.29) is 24.7 Å². The van der Waals surface area contributed by atoms with Gasteiger partial charge in [0.1, 0.15) is 0 Å². The predicted octanol–water partition coefficient (Wildman–Crippen LogP) is 3.25. The Bertz CT molecular complexity index is 473. The lowest BCUT2D eigenvalue weighted by molar-refractivity contribution is 0.174. The third-order valence-electron chi connectivity index (χ3n) is 4.14. The van der Waals surface area contributed by atoms with Crippen LogP contribution in [-0.4, -0.2) is 23.8 Å². The van der Waals surface area contributed by atoms with Crippen LogP contribution in [0.4, 0.5) is 4.79 Å². The van der Waals surface area contributed by atoms with E-state index in [0.717, 1.165) is 31.2 Å². The largest absolute Gasteiger partial charge is 0.396 e. The third-order valence-corrected chi connectivity index (χ3v) is 4.37. The molecule has 1 aromatic carbocycles. The Labute approximate surface area is 130 Å². The summed E-state index contributed by atoms with van der Waals surface area (Å²) >= 11 is 5.96.